The molecule has 0 fully saturated rings. The predicted octanol–water partition coefficient (Wildman–Crippen LogP) is 4.46. The number of aliphatic carboxylic acids is 1. The van der Waals surface area contributed by atoms with Gasteiger partial charge in [0.15, 0.2) is 0 Å². The molecule has 10 heteroatoms. The maximum Gasteiger partial charge on any atom is 0.322 e. The second kappa shape index (κ2) is 9.88. The van der Waals surface area contributed by atoms with Crippen molar-refractivity contribution in [2.75, 3.05) is 0 Å². The van der Waals surface area contributed by atoms with Crippen LogP contribution in [0.2, 0.25) is 0 Å². The first-order chi connectivity index (χ1) is 17.0. The van der Waals surface area contributed by atoms with Crippen LogP contribution in [0.3, 0.4) is 0 Å². The third kappa shape index (κ3) is 5.51. The molecule has 0 saturated carbocycles. The molecule has 8 nitrogen and oxygen atoms in total. The topological polar surface area (TPSA) is 131 Å². The van der Waals surface area contributed by atoms with Gasteiger partial charge in [-0.05, 0) is 40.8 Å². The van der Waals surface area contributed by atoms with Gasteiger partial charge in [-0.15, -0.1) is 0 Å². The van der Waals surface area contributed by atoms with Crippen molar-refractivity contribution < 1.29 is 31.2 Å². The van der Waals surface area contributed by atoms with E-state index in [0.29, 0.717) is 11.1 Å². The third-order valence-corrected chi connectivity index (χ3v) is 8.72. The molecule has 4 rings (SSSR count). The Balaban J connectivity index is 1.49. The Labute approximate surface area is 209 Å². The molecule has 0 saturated heterocycles. The molecular formula is C26H25NO7S2. The van der Waals surface area contributed by atoms with Gasteiger partial charge in [-0.1, -0.05) is 68.4 Å². The van der Waals surface area contributed by atoms with Gasteiger partial charge in [0.1, 0.15) is 11.6 Å². The van der Waals surface area contributed by atoms with Gasteiger partial charge < -0.3 is 9.52 Å². The lowest BCUT2D eigenvalue weighted by Gasteiger charge is -2.18. The SMILES string of the molecule is CC(C)C(NS(=O)(=O)c1ccc(-c2ccc(CS(=O)(=O)c3cc4ccccc4o3)cc2)cc1)C(=O)O. The molecule has 0 bridgehead atoms. The van der Waals surface area contributed by atoms with E-state index in [1.54, 1.807) is 68.4 Å². The number of sulfone groups is 1. The van der Waals surface area contributed by atoms with Crippen molar-refractivity contribution in [3.8, 4) is 11.1 Å². The minimum atomic E-state index is -4.02. The number of furan rings is 1. The number of fused-ring (bicyclic) bond motifs is 1. The molecule has 0 spiro atoms. The molecule has 0 radical (unpaired) electrons. The molecule has 0 aliphatic rings. The molecule has 36 heavy (non-hydrogen) atoms. The summed E-state index contributed by atoms with van der Waals surface area (Å²) in [5, 5.41) is 9.90. The minimum absolute atomic E-state index is 0.0494. The molecule has 0 amide bonds. The lowest BCUT2D eigenvalue weighted by molar-refractivity contribution is -0.140. The minimum Gasteiger partial charge on any atom is -0.480 e. The third-order valence-electron chi connectivity index (χ3n) is 5.73. The van der Waals surface area contributed by atoms with E-state index in [1.165, 1.54) is 18.2 Å². The number of sulfonamides is 1. The van der Waals surface area contributed by atoms with Gasteiger partial charge in [0, 0.05) is 11.5 Å². The molecule has 1 aromatic heterocycles. The summed E-state index contributed by atoms with van der Waals surface area (Å²) in [6.07, 6.45) is 0. The van der Waals surface area contributed by atoms with Crippen LogP contribution in [0.15, 0.2) is 93.3 Å². The quantitative estimate of drug-likeness (QED) is 0.329. The summed E-state index contributed by atoms with van der Waals surface area (Å²) in [5.41, 5.74) is 2.58. The van der Waals surface area contributed by atoms with E-state index in [1.807, 2.05) is 6.07 Å². The average molecular weight is 528 g/mol. The van der Waals surface area contributed by atoms with Crippen LogP contribution in [0.1, 0.15) is 19.4 Å². The first-order valence-electron chi connectivity index (χ1n) is 11.1. The Morgan fingerprint density at radius 1 is 0.889 bits per heavy atom. The highest BCUT2D eigenvalue weighted by molar-refractivity contribution is 7.90. The molecule has 188 valence electrons. The number of para-hydroxylation sites is 1. The zero-order valence-electron chi connectivity index (χ0n) is 19.6. The van der Waals surface area contributed by atoms with Crippen molar-refractivity contribution in [2.24, 2.45) is 5.92 Å². The number of benzene rings is 3. The van der Waals surface area contributed by atoms with Gasteiger partial charge in [0.2, 0.25) is 25.0 Å². The second-order valence-corrected chi connectivity index (χ2v) is 12.4. The Hall–Kier alpha value is -3.47. The predicted molar refractivity (Wildman–Crippen MR) is 136 cm³/mol. The van der Waals surface area contributed by atoms with E-state index in [9.17, 15) is 26.7 Å². The molecule has 4 aromatic rings. The molecule has 1 heterocycles. The monoisotopic (exact) mass is 527 g/mol. The first kappa shape index (κ1) is 25.6. The molecular weight excluding hydrogens is 502 g/mol. The lowest BCUT2D eigenvalue weighted by Crippen LogP contribution is -2.44. The largest absolute Gasteiger partial charge is 0.480 e. The maximum absolute atomic E-state index is 12.8. The molecule has 1 atom stereocenters. The summed E-state index contributed by atoms with van der Waals surface area (Å²) in [6.45, 7) is 3.24. The Bertz CT molecular complexity index is 1570. The summed E-state index contributed by atoms with van der Waals surface area (Å²) < 4.78 is 58.6. The highest BCUT2D eigenvalue weighted by atomic mass is 32.2. The highest BCUT2D eigenvalue weighted by Gasteiger charge is 2.28. The smallest absolute Gasteiger partial charge is 0.322 e. The maximum atomic E-state index is 12.8. The first-order valence-corrected chi connectivity index (χ1v) is 14.3. The van der Waals surface area contributed by atoms with Crippen LogP contribution in [0.5, 0.6) is 0 Å². The van der Waals surface area contributed by atoms with E-state index in [-0.39, 0.29) is 15.7 Å². The summed E-state index contributed by atoms with van der Waals surface area (Å²) in [5.74, 6) is -1.89. The number of carbonyl (C=O) groups is 1. The van der Waals surface area contributed by atoms with Gasteiger partial charge in [-0.3, -0.25) is 4.79 Å². The normalized spacial score (nSPS) is 13.2. The fourth-order valence-electron chi connectivity index (χ4n) is 3.73. The van der Waals surface area contributed by atoms with Crippen LogP contribution >= 0.6 is 0 Å². The van der Waals surface area contributed by atoms with Crippen LogP contribution in [0, 0.1) is 5.92 Å². The van der Waals surface area contributed by atoms with E-state index in [2.05, 4.69) is 4.72 Å². The van der Waals surface area contributed by atoms with E-state index in [0.717, 1.165) is 16.5 Å². The number of rotatable bonds is 9. The Kier molecular flexibility index (Phi) is 7.03. The molecule has 0 aliphatic carbocycles. The second-order valence-electron chi connectivity index (χ2n) is 8.76. The summed E-state index contributed by atoms with van der Waals surface area (Å²) >= 11 is 0. The van der Waals surface area contributed by atoms with E-state index in [4.69, 9.17) is 4.42 Å². The van der Waals surface area contributed by atoms with Crippen LogP contribution in [0.25, 0.3) is 22.1 Å². The molecule has 3 aromatic carbocycles. The number of carboxylic acids is 1. The van der Waals surface area contributed by atoms with Crippen molar-refractivity contribution in [2.45, 2.75) is 35.6 Å². The summed E-state index contributed by atoms with van der Waals surface area (Å²) in [7, 11) is -7.70. The van der Waals surface area contributed by atoms with Crippen molar-refractivity contribution >= 4 is 36.8 Å². The Morgan fingerprint density at radius 3 is 2.03 bits per heavy atom. The standard InChI is InChI=1S/C26H25NO7S2/c1-17(2)25(26(28)29)27-36(32,33)22-13-11-20(12-14-22)19-9-7-18(8-10-19)16-35(30,31)24-15-21-5-3-4-6-23(21)34-24/h3-15,17,25,27H,16H2,1-2H3,(H,28,29). The van der Waals surface area contributed by atoms with Crippen molar-refractivity contribution in [1.29, 1.82) is 0 Å². The van der Waals surface area contributed by atoms with Gasteiger partial charge >= 0.3 is 5.97 Å². The van der Waals surface area contributed by atoms with Crippen molar-refractivity contribution in [3.63, 3.8) is 0 Å². The van der Waals surface area contributed by atoms with Crippen LogP contribution in [-0.4, -0.2) is 34.0 Å². The lowest BCUT2D eigenvalue weighted by atomic mass is 10.0. The van der Waals surface area contributed by atoms with E-state index < -0.39 is 37.8 Å². The highest BCUT2D eigenvalue weighted by Crippen LogP contribution is 2.27. The van der Waals surface area contributed by atoms with Crippen LogP contribution < -0.4 is 4.72 Å². The number of hydrogen-bond acceptors (Lipinski definition) is 6. The van der Waals surface area contributed by atoms with E-state index >= 15 is 0 Å². The van der Waals surface area contributed by atoms with Crippen molar-refractivity contribution in [3.05, 3.63) is 84.4 Å². The summed E-state index contributed by atoms with van der Waals surface area (Å²) in [4.78, 5) is 11.3. The molecule has 2 N–H and O–H groups in total. The van der Waals surface area contributed by atoms with Gasteiger partial charge in [0.25, 0.3) is 0 Å². The summed E-state index contributed by atoms with van der Waals surface area (Å²) in [6, 6.07) is 20.3. The molecule has 0 aliphatic heterocycles. The number of nitrogens with one attached hydrogen (secondary N) is 1. The molecule has 1 unspecified atom stereocenters. The average Bonchev–Trinajstić information content (AvgIpc) is 3.28. The Morgan fingerprint density at radius 2 is 1.47 bits per heavy atom. The van der Waals surface area contributed by atoms with Crippen LogP contribution in [-0.2, 0) is 30.4 Å². The zero-order chi connectivity index (χ0) is 26.1. The van der Waals surface area contributed by atoms with Gasteiger partial charge in [-0.2, -0.15) is 4.72 Å². The fraction of sp³-hybridized carbons (Fsp3) is 0.192. The number of carboxylic acid groups (broad SMARTS) is 1. The number of hydrogen-bond donors (Lipinski definition) is 2. The van der Waals surface area contributed by atoms with Gasteiger partial charge in [-0.25, -0.2) is 16.8 Å². The van der Waals surface area contributed by atoms with Crippen molar-refractivity contribution in [1.82, 2.24) is 4.72 Å². The van der Waals surface area contributed by atoms with Gasteiger partial charge in [0.05, 0.1) is 10.6 Å². The van der Waals surface area contributed by atoms with Crippen LogP contribution in [0.4, 0.5) is 0 Å². The fourth-order valence-corrected chi connectivity index (χ4v) is 6.36. The zero-order valence-corrected chi connectivity index (χ0v) is 21.2.